The smallest absolute Gasteiger partial charge is 0.328 e. The molecule has 3 aromatic rings. The highest BCUT2D eigenvalue weighted by Gasteiger charge is 2.14. The van der Waals surface area contributed by atoms with Crippen LogP contribution in [0.25, 0.3) is 11.2 Å². The lowest BCUT2D eigenvalue weighted by atomic mass is 10.2. The van der Waals surface area contributed by atoms with Crippen LogP contribution in [0.5, 0.6) is 0 Å². The maximum atomic E-state index is 12.5. The minimum absolute atomic E-state index is 0.301. The quantitative estimate of drug-likeness (QED) is 0.684. The van der Waals surface area contributed by atoms with E-state index >= 15 is 0 Å². The van der Waals surface area contributed by atoms with Crippen LogP contribution in [0, 0.1) is 0 Å². The molecule has 0 amide bonds. The third-order valence-electron chi connectivity index (χ3n) is 3.89. The molecule has 0 bridgehead atoms. The fraction of sp³-hybridized carbons (Fsp3) is 0.312. The Kier molecular flexibility index (Phi) is 4.12. The molecule has 23 heavy (non-hydrogen) atoms. The van der Waals surface area contributed by atoms with E-state index in [4.69, 9.17) is 0 Å². The van der Waals surface area contributed by atoms with Gasteiger partial charge >= 0.3 is 5.69 Å². The van der Waals surface area contributed by atoms with Crippen molar-refractivity contribution in [3.63, 3.8) is 0 Å². The average molecular weight is 313 g/mol. The highest BCUT2D eigenvalue weighted by Crippen LogP contribution is 2.02. The minimum atomic E-state index is -0.345. The molecule has 0 saturated heterocycles. The molecule has 0 aliphatic carbocycles. The van der Waals surface area contributed by atoms with Crippen LogP contribution in [-0.2, 0) is 27.2 Å². The molecule has 1 N–H and O–H groups in total. The summed E-state index contributed by atoms with van der Waals surface area (Å²) in [7, 11) is 3.38. The molecule has 0 aliphatic rings. The molecule has 0 radical (unpaired) electrons. The van der Waals surface area contributed by atoms with Gasteiger partial charge < -0.3 is 9.88 Å². The molecule has 2 aromatic heterocycles. The van der Waals surface area contributed by atoms with Crippen LogP contribution in [0.1, 0.15) is 5.56 Å². The van der Waals surface area contributed by atoms with Crippen molar-refractivity contribution in [2.24, 2.45) is 14.1 Å². The predicted molar refractivity (Wildman–Crippen MR) is 88.4 cm³/mol. The molecule has 0 saturated carbocycles. The Morgan fingerprint density at radius 3 is 2.61 bits per heavy atom. The van der Waals surface area contributed by atoms with E-state index in [-0.39, 0.29) is 11.2 Å². The van der Waals surface area contributed by atoms with Gasteiger partial charge in [0.1, 0.15) is 0 Å². The van der Waals surface area contributed by atoms with Crippen molar-refractivity contribution in [1.29, 1.82) is 0 Å². The van der Waals surface area contributed by atoms with Gasteiger partial charge in [0.2, 0.25) is 0 Å². The van der Waals surface area contributed by atoms with Crippen molar-refractivity contribution in [1.82, 2.24) is 24.0 Å². The van der Waals surface area contributed by atoms with Crippen LogP contribution in [0.2, 0.25) is 0 Å². The molecule has 2 heterocycles. The number of imidazole rings is 1. The van der Waals surface area contributed by atoms with Gasteiger partial charge in [-0.3, -0.25) is 13.9 Å². The summed E-state index contributed by atoms with van der Waals surface area (Å²) in [5.74, 6) is 0. The van der Waals surface area contributed by atoms with Crippen molar-refractivity contribution >= 4 is 11.2 Å². The predicted octanol–water partition coefficient (Wildman–Crippen LogP) is 0.223. The number of hydrogen-bond acceptors (Lipinski definition) is 4. The summed E-state index contributed by atoms with van der Waals surface area (Å²) in [6.07, 6.45) is 1.55. The number of benzene rings is 1. The Labute approximate surface area is 132 Å². The highest BCUT2D eigenvalue weighted by atomic mass is 16.2. The zero-order valence-corrected chi connectivity index (χ0v) is 13.2. The van der Waals surface area contributed by atoms with Crippen LogP contribution in [-0.4, -0.2) is 25.2 Å². The second kappa shape index (κ2) is 6.21. The van der Waals surface area contributed by atoms with Crippen LogP contribution in [0.15, 0.2) is 46.2 Å². The van der Waals surface area contributed by atoms with E-state index in [0.717, 1.165) is 5.56 Å². The van der Waals surface area contributed by atoms with Gasteiger partial charge in [-0.25, -0.2) is 9.78 Å². The number of rotatable bonds is 5. The SMILES string of the molecule is Cn1cnc2c1c(=O)n(CCNCc1ccccc1)c(=O)n2C. The largest absolute Gasteiger partial charge is 0.332 e. The molecular formula is C16H19N5O2. The number of fused-ring (bicyclic) bond motifs is 1. The summed E-state index contributed by atoms with van der Waals surface area (Å²) in [5, 5.41) is 3.25. The van der Waals surface area contributed by atoms with E-state index in [2.05, 4.69) is 10.3 Å². The van der Waals surface area contributed by atoms with E-state index < -0.39 is 0 Å². The lowest BCUT2D eigenvalue weighted by Crippen LogP contribution is -2.41. The van der Waals surface area contributed by atoms with Gasteiger partial charge in [0, 0.05) is 33.7 Å². The van der Waals surface area contributed by atoms with Crippen LogP contribution in [0.4, 0.5) is 0 Å². The zero-order valence-electron chi connectivity index (χ0n) is 13.2. The van der Waals surface area contributed by atoms with Gasteiger partial charge in [-0.1, -0.05) is 30.3 Å². The van der Waals surface area contributed by atoms with Gasteiger partial charge in [-0.05, 0) is 5.56 Å². The van der Waals surface area contributed by atoms with Crippen molar-refractivity contribution in [2.45, 2.75) is 13.1 Å². The first-order chi connectivity index (χ1) is 11.1. The van der Waals surface area contributed by atoms with Crippen LogP contribution in [0.3, 0.4) is 0 Å². The van der Waals surface area contributed by atoms with Crippen molar-refractivity contribution in [3.8, 4) is 0 Å². The van der Waals surface area contributed by atoms with Gasteiger partial charge in [0.15, 0.2) is 11.2 Å². The maximum absolute atomic E-state index is 12.5. The normalized spacial score (nSPS) is 11.2. The summed E-state index contributed by atoms with van der Waals surface area (Å²) in [4.78, 5) is 28.9. The summed E-state index contributed by atoms with van der Waals surface area (Å²) in [6.45, 7) is 1.55. The zero-order chi connectivity index (χ0) is 16.4. The summed E-state index contributed by atoms with van der Waals surface area (Å²) in [6, 6.07) is 9.98. The van der Waals surface area contributed by atoms with Crippen molar-refractivity contribution < 1.29 is 0 Å². The van der Waals surface area contributed by atoms with Crippen LogP contribution < -0.4 is 16.6 Å². The first-order valence-corrected chi connectivity index (χ1v) is 7.45. The monoisotopic (exact) mass is 313 g/mol. The van der Waals surface area contributed by atoms with E-state index in [1.54, 1.807) is 25.0 Å². The lowest BCUT2D eigenvalue weighted by molar-refractivity contribution is 0.551. The average Bonchev–Trinajstić information content (AvgIpc) is 2.95. The molecule has 0 aliphatic heterocycles. The molecule has 120 valence electrons. The Morgan fingerprint density at radius 2 is 1.87 bits per heavy atom. The topological polar surface area (TPSA) is 73.8 Å². The number of nitrogens with zero attached hydrogens (tertiary/aromatic N) is 4. The maximum Gasteiger partial charge on any atom is 0.332 e. The minimum Gasteiger partial charge on any atom is -0.328 e. The molecular weight excluding hydrogens is 294 g/mol. The first kappa shape index (κ1) is 15.2. The third kappa shape index (κ3) is 2.83. The third-order valence-corrected chi connectivity index (χ3v) is 3.89. The van der Waals surface area contributed by atoms with Crippen LogP contribution >= 0.6 is 0 Å². The van der Waals surface area contributed by atoms with E-state index in [1.165, 1.54) is 9.13 Å². The molecule has 0 spiro atoms. The fourth-order valence-electron chi connectivity index (χ4n) is 2.61. The molecule has 3 rings (SSSR count). The Hall–Kier alpha value is -2.67. The van der Waals surface area contributed by atoms with Crippen molar-refractivity contribution in [3.05, 3.63) is 63.1 Å². The molecule has 7 nitrogen and oxygen atoms in total. The van der Waals surface area contributed by atoms with Gasteiger partial charge in [0.25, 0.3) is 5.56 Å². The molecule has 1 aromatic carbocycles. The lowest BCUT2D eigenvalue weighted by Gasteiger charge is -2.09. The molecule has 0 unspecified atom stereocenters. The Morgan fingerprint density at radius 1 is 1.13 bits per heavy atom. The number of nitrogens with one attached hydrogen (secondary N) is 1. The Bertz CT molecular complexity index is 937. The number of aryl methyl sites for hydroxylation is 2. The van der Waals surface area contributed by atoms with E-state index in [0.29, 0.717) is 30.8 Å². The van der Waals surface area contributed by atoms with Gasteiger partial charge in [-0.15, -0.1) is 0 Å². The van der Waals surface area contributed by atoms with Crippen molar-refractivity contribution in [2.75, 3.05) is 6.54 Å². The summed E-state index contributed by atoms with van der Waals surface area (Å²) < 4.78 is 4.31. The highest BCUT2D eigenvalue weighted by molar-refractivity contribution is 5.69. The second-order valence-electron chi connectivity index (χ2n) is 5.49. The van der Waals surface area contributed by atoms with E-state index in [1.807, 2.05) is 30.3 Å². The fourth-order valence-corrected chi connectivity index (χ4v) is 2.61. The summed E-state index contributed by atoms with van der Waals surface area (Å²) in [5.41, 5.74) is 1.37. The number of hydrogen-bond donors (Lipinski definition) is 1. The first-order valence-electron chi connectivity index (χ1n) is 7.45. The van der Waals surface area contributed by atoms with Gasteiger partial charge in [-0.2, -0.15) is 0 Å². The number of aromatic nitrogens is 4. The second-order valence-corrected chi connectivity index (χ2v) is 5.49. The Balaban J connectivity index is 1.79. The summed E-state index contributed by atoms with van der Waals surface area (Å²) >= 11 is 0. The molecule has 0 fully saturated rings. The molecule has 0 atom stereocenters. The molecule has 7 heteroatoms. The van der Waals surface area contributed by atoms with Gasteiger partial charge in [0.05, 0.1) is 6.33 Å². The van der Waals surface area contributed by atoms with E-state index in [9.17, 15) is 9.59 Å². The standard InChI is InChI=1S/C16H19N5O2/c1-19-11-18-14-13(19)15(22)21(16(23)20(14)2)9-8-17-10-12-6-4-3-5-7-12/h3-7,11,17H,8-10H2,1-2H3.